The molecule has 1 saturated carbocycles. The van der Waals surface area contributed by atoms with Crippen LogP contribution in [-0.4, -0.2) is 22.8 Å². The standard InChI is InChI=1S/C42H45ClF2O3/c1-4-5-13-39(46)35-26-34-27(2)9-6-11-30(36(34)22-28(35)3)23-32-24-37(43)31(25-38(32)45)12-8-15-41(48)42(20-21-42)40(47)14-7-10-29-16-18-33(44)19-17-29/h6,9,11,16-19,22,24-26,41,48H,2,4-5,7-8,10,12-15,20-21,23H2,1,3H3. The van der Waals surface area contributed by atoms with Crippen molar-refractivity contribution in [2.75, 3.05) is 0 Å². The summed E-state index contributed by atoms with van der Waals surface area (Å²) in [5.41, 5.74) is 6.60. The van der Waals surface area contributed by atoms with Gasteiger partial charge in [-0.2, -0.15) is 0 Å². The highest BCUT2D eigenvalue weighted by atomic mass is 35.5. The van der Waals surface area contributed by atoms with Crippen LogP contribution in [0.25, 0.3) is 11.1 Å². The summed E-state index contributed by atoms with van der Waals surface area (Å²) in [5, 5.41) is 11.5. The van der Waals surface area contributed by atoms with Crippen LogP contribution in [0.1, 0.15) is 108 Å². The lowest BCUT2D eigenvalue weighted by Crippen LogP contribution is -2.30. The van der Waals surface area contributed by atoms with Crippen molar-refractivity contribution in [1.82, 2.24) is 0 Å². The lowest BCUT2D eigenvalue weighted by atomic mass is 9.86. The van der Waals surface area contributed by atoms with Crippen LogP contribution in [0.15, 0.2) is 73.3 Å². The van der Waals surface area contributed by atoms with E-state index in [1.807, 2.05) is 37.3 Å². The number of ketones is 2. The SMILES string of the molecule is C=C1C=CC=C(Cc2cc(Cl)c(CCCC(O)C3(C(=O)CCCc4ccc(F)cc4)CC3)cc2F)c2cc(C)c(C(=O)CCCC)cc21. The maximum atomic E-state index is 15.6. The predicted molar refractivity (Wildman–Crippen MR) is 191 cm³/mol. The van der Waals surface area contributed by atoms with E-state index in [1.165, 1.54) is 18.2 Å². The Balaban J connectivity index is 1.20. The molecule has 1 N–H and O–H groups in total. The van der Waals surface area contributed by atoms with Gasteiger partial charge in [-0.05, 0) is 133 Å². The summed E-state index contributed by atoms with van der Waals surface area (Å²) in [6, 6.07) is 13.5. The molecule has 1 unspecified atom stereocenters. The third kappa shape index (κ3) is 8.30. The molecule has 3 aromatic carbocycles. The summed E-state index contributed by atoms with van der Waals surface area (Å²) in [7, 11) is 0. The maximum absolute atomic E-state index is 15.6. The van der Waals surface area contributed by atoms with E-state index in [-0.39, 0.29) is 23.2 Å². The Kier molecular flexibility index (Phi) is 11.7. The van der Waals surface area contributed by atoms with Crippen LogP contribution in [-0.2, 0) is 24.1 Å². The molecule has 5 rings (SSSR count). The van der Waals surface area contributed by atoms with Crippen molar-refractivity contribution >= 4 is 34.3 Å². The van der Waals surface area contributed by atoms with Gasteiger partial charge in [-0.25, -0.2) is 8.78 Å². The van der Waals surface area contributed by atoms with E-state index in [2.05, 4.69) is 13.5 Å². The lowest BCUT2D eigenvalue weighted by molar-refractivity contribution is -0.128. The van der Waals surface area contributed by atoms with Crippen molar-refractivity contribution in [1.29, 1.82) is 0 Å². The summed E-state index contributed by atoms with van der Waals surface area (Å²) in [4.78, 5) is 26.0. The molecule has 0 aliphatic heterocycles. The highest BCUT2D eigenvalue weighted by molar-refractivity contribution is 6.31. The second-order valence-electron chi connectivity index (χ2n) is 13.5. The minimum Gasteiger partial charge on any atom is -0.392 e. The molecule has 0 radical (unpaired) electrons. The van der Waals surface area contributed by atoms with Crippen molar-refractivity contribution in [2.45, 2.75) is 97.0 Å². The Morgan fingerprint density at radius 1 is 0.958 bits per heavy atom. The number of carbonyl (C=O) groups excluding carboxylic acids is 2. The summed E-state index contributed by atoms with van der Waals surface area (Å²) in [5.74, 6) is -0.405. The molecule has 2 aliphatic rings. The Morgan fingerprint density at radius 3 is 2.42 bits per heavy atom. The van der Waals surface area contributed by atoms with Gasteiger partial charge in [-0.1, -0.05) is 68.0 Å². The molecule has 2 aliphatic carbocycles. The number of rotatable bonds is 16. The molecule has 0 spiro atoms. The second kappa shape index (κ2) is 15.7. The van der Waals surface area contributed by atoms with Crippen LogP contribution in [0, 0.1) is 24.0 Å². The van der Waals surface area contributed by atoms with Crippen molar-refractivity contribution in [3.05, 3.63) is 129 Å². The zero-order chi connectivity index (χ0) is 34.4. The molecule has 6 heteroatoms. The first-order chi connectivity index (χ1) is 23.0. The van der Waals surface area contributed by atoms with Crippen LogP contribution in [0.5, 0.6) is 0 Å². The van der Waals surface area contributed by atoms with E-state index in [1.54, 1.807) is 18.2 Å². The van der Waals surface area contributed by atoms with Crippen LogP contribution in [0.4, 0.5) is 8.78 Å². The van der Waals surface area contributed by atoms with Crippen molar-refractivity contribution in [2.24, 2.45) is 5.41 Å². The summed E-state index contributed by atoms with van der Waals surface area (Å²) in [6.45, 7) is 8.23. The molecule has 252 valence electrons. The van der Waals surface area contributed by atoms with Gasteiger partial charge < -0.3 is 5.11 Å². The molecule has 0 saturated heterocycles. The van der Waals surface area contributed by atoms with Gasteiger partial charge in [0.15, 0.2) is 5.78 Å². The smallest absolute Gasteiger partial charge is 0.163 e. The molecule has 3 aromatic rings. The fourth-order valence-corrected chi connectivity index (χ4v) is 7.12. The van der Waals surface area contributed by atoms with Crippen LogP contribution in [0.3, 0.4) is 0 Å². The molecule has 0 aromatic heterocycles. The Bertz CT molecular complexity index is 1750. The third-order valence-corrected chi connectivity index (χ3v) is 10.3. The number of carbonyl (C=O) groups is 2. The van der Waals surface area contributed by atoms with Crippen molar-refractivity contribution in [3.63, 3.8) is 0 Å². The highest BCUT2D eigenvalue weighted by Crippen LogP contribution is 2.52. The molecule has 1 fully saturated rings. The highest BCUT2D eigenvalue weighted by Gasteiger charge is 2.53. The van der Waals surface area contributed by atoms with Gasteiger partial charge in [0.25, 0.3) is 0 Å². The van der Waals surface area contributed by atoms with E-state index < -0.39 is 11.5 Å². The van der Waals surface area contributed by atoms with Crippen LogP contribution < -0.4 is 0 Å². The van der Waals surface area contributed by atoms with Gasteiger partial charge >= 0.3 is 0 Å². The Labute approximate surface area is 288 Å². The quantitative estimate of drug-likeness (QED) is 0.154. The minimum atomic E-state index is -0.741. The maximum Gasteiger partial charge on any atom is 0.163 e. The summed E-state index contributed by atoms with van der Waals surface area (Å²) < 4.78 is 28.7. The van der Waals surface area contributed by atoms with Gasteiger partial charge in [-0.15, -0.1) is 0 Å². The molecule has 48 heavy (non-hydrogen) atoms. The Hall–Kier alpha value is -3.67. The average Bonchev–Trinajstić information content (AvgIpc) is 3.89. The van der Waals surface area contributed by atoms with Gasteiger partial charge in [0.2, 0.25) is 0 Å². The largest absolute Gasteiger partial charge is 0.392 e. The van der Waals surface area contributed by atoms with Gasteiger partial charge in [0, 0.05) is 29.8 Å². The normalized spacial score (nSPS) is 15.5. The zero-order valence-electron chi connectivity index (χ0n) is 28.0. The van der Waals surface area contributed by atoms with Gasteiger partial charge in [0.1, 0.15) is 17.4 Å². The number of fused-ring (bicyclic) bond motifs is 1. The number of hydrogen-bond acceptors (Lipinski definition) is 3. The third-order valence-electron chi connectivity index (χ3n) is 9.99. The molecule has 3 nitrogen and oxygen atoms in total. The first kappa shape index (κ1) is 35.6. The summed E-state index contributed by atoms with van der Waals surface area (Å²) in [6.07, 6.45) is 12.3. The Morgan fingerprint density at radius 2 is 1.71 bits per heavy atom. The first-order valence-corrected chi connectivity index (χ1v) is 17.6. The van der Waals surface area contributed by atoms with Gasteiger partial charge in [0.05, 0.1) is 11.5 Å². The molecular weight excluding hydrogens is 626 g/mol. The van der Waals surface area contributed by atoms with Crippen molar-refractivity contribution in [3.8, 4) is 0 Å². The first-order valence-electron chi connectivity index (χ1n) is 17.2. The number of aliphatic hydroxyl groups excluding tert-OH is 1. The fraction of sp³-hybridized carbons (Fsp3) is 0.381. The zero-order valence-corrected chi connectivity index (χ0v) is 28.8. The fourth-order valence-electron chi connectivity index (χ4n) is 6.84. The number of Topliss-reactive ketones (excluding diaryl/α,β-unsaturated/α-hetero) is 2. The number of unbranched alkanes of at least 4 members (excludes halogenated alkanes) is 1. The van der Waals surface area contributed by atoms with E-state index in [0.717, 1.165) is 46.2 Å². The number of aliphatic hydroxyl groups is 1. The summed E-state index contributed by atoms with van der Waals surface area (Å²) >= 11 is 6.69. The topological polar surface area (TPSA) is 54.4 Å². The number of halogens is 3. The van der Waals surface area contributed by atoms with Crippen LogP contribution >= 0.6 is 11.6 Å². The molecule has 0 bridgehead atoms. The van der Waals surface area contributed by atoms with E-state index in [4.69, 9.17) is 11.6 Å². The molecule has 0 heterocycles. The lowest BCUT2D eigenvalue weighted by Gasteiger charge is -2.21. The number of hydrogen-bond donors (Lipinski definition) is 1. The predicted octanol–water partition coefficient (Wildman–Crippen LogP) is 10.6. The minimum absolute atomic E-state index is 0.0906. The van der Waals surface area contributed by atoms with E-state index in [9.17, 15) is 19.1 Å². The molecule has 0 amide bonds. The van der Waals surface area contributed by atoms with Crippen molar-refractivity contribution < 1.29 is 23.5 Å². The molecular formula is C42H45ClF2O3. The number of benzene rings is 3. The molecule has 1 atom stereocenters. The number of aryl methyl sites for hydroxylation is 3. The second-order valence-corrected chi connectivity index (χ2v) is 13.9. The average molecular weight is 671 g/mol. The monoisotopic (exact) mass is 670 g/mol. The van der Waals surface area contributed by atoms with E-state index >= 15 is 4.39 Å². The van der Waals surface area contributed by atoms with Gasteiger partial charge in [-0.3, -0.25) is 9.59 Å². The van der Waals surface area contributed by atoms with Crippen LogP contribution in [0.2, 0.25) is 5.02 Å². The number of allylic oxidation sites excluding steroid dienone is 5. The van der Waals surface area contributed by atoms with E-state index in [0.29, 0.717) is 85.9 Å².